The average molecular weight is 296 g/mol. The van der Waals surface area contributed by atoms with Crippen LogP contribution in [0.1, 0.15) is 16.2 Å². The zero-order valence-corrected chi connectivity index (χ0v) is 11.9. The fourth-order valence-electron chi connectivity index (χ4n) is 1.74. The number of halogens is 1. The molecule has 0 aliphatic carbocycles. The fraction of sp³-hybridized carbons (Fsp3) is 0.333. The molecule has 0 N–H and O–H groups in total. The first kappa shape index (κ1) is 12.1. The number of aromatic nitrogens is 2. The van der Waals surface area contributed by atoms with Crippen molar-refractivity contribution in [3.8, 4) is 0 Å². The summed E-state index contributed by atoms with van der Waals surface area (Å²) in [7, 11) is 5.44. The minimum atomic E-state index is -0.00791. The Morgan fingerprint density at radius 3 is 2.65 bits per heavy atom. The Bertz CT molecular complexity index is 601. The first-order chi connectivity index (χ1) is 7.91. The lowest BCUT2D eigenvalue weighted by Gasteiger charge is -2.10. The van der Waals surface area contributed by atoms with E-state index in [1.807, 2.05) is 30.7 Å². The fourth-order valence-corrected chi connectivity index (χ4v) is 2.28. The van der Waals surface area contributed by atoms with Crippen LogP contribution in [0.2, 0.25) is 0 Å². The van der Waals surface area contributed by atoms with E-state index in [0.29, 0.717) is 5.56 Å². The minimum Gasteiger partial charge on any atom is -0.345 e. The molecule has 1 aromatic heterocycles. The van der Waals surface area contributed by atoms with Crippen molar-refractivity contribution in [2.75, 3.05) is 14.1 Å². The zero-order chi connectivity index (χ0) is 12.7. The van der Waals surface area contributed by atoms with E-state index in [4.69, 9.17) is 0 Å². The molecule has 0 atom stereocenters. The normalized spacial score (nSPS) is 10.9. The van der Waals surface area contributed by atoms with Crippen molar-refractivity contribution < 1.29 is 4.79 Å². The van der Waals surface area contributed by atoms with Crippen molar-refractivity contribution in [3.63, 3.8) is 0 Å². The molecular formula is C12H14BrN3O. The van der Waals surface area contributed by atoms with Gasteiger partial charge in [-0.1, -0.05) is 0 Å². The molecule has 0 saturated carbocycles. The Labute approximate surface area is 108 Å². The molecule has 2 rings (SSSR count). The number of aryl methyl sites for hydroxylation is 2. The van der Waals surface area contributed by atoms with Gasteiger partial charge >= 0.3 is 0 Å². The maximum absolute atomic E-state index is 11.9. The third kappa shape index (κ3) is 1.95. The van der Waals surface area contributed by atoms with E-state index in [-0.39, 0.29) is 5.91 Å². The van der Waals surface area contributed by atoms with Gasteiger partial charge in [-0.2, -0.15) is 0 Å². The van der Waals surface area contributed by atoms with Gasteiger partial charge in [0.1, 0.15) is 11.3 Å². The third-order valence-corrected chi connectivity index (χ3v) is 3.42. The molecule has 0 spiro atoms. The Hall–Kier alpha value is -1.36. The number of imidazole rings is 1. The third-order valence-electron chi connectivity index (χ3n) is 2.82. The summed E-state index contributed by atoms with van der Waals surface area (Å²) >= 11 is 3.47. The van der Waals surface area contributed by atoms with Crippen LogP contribution in [-0.2, 0) is 7.05 Å². The van der Waals surface area contributed by atoms with Gasteiger partial charge < -0.3 is 9.47 Å². The van der Waals surface area contributed by atoms with Crippen LogP contribution in [0.3, 0.4) is 0 Å². The standard InChI is InChI=1S/C12H14BrN3O/c1-7-14-11-9(13)5-8(12(17)15(2)3)6-10(11)16(7)4/h5-6H,1-4H3. The van der Waals surface area contributed by atoms with Crippen LogP contribution in [0.15, 0.2) is 16.6 Å². The lowest BCUT2D eigenvalue weighted by Crippen LogP contribution is -2.21. The van der Waals surface area contributed by atoms with Crippen LogP contribution < -0.4 is 0 Å². The van der Waals surface area contributed by atoms with E-state index in [2.05, 4.69) is 20.9 Å². The van der Waals surface area contributed by atoms with Gasteiger partial charge in [-0.25, -0.2) is 4.98 Å². The maximum atomic E-state index is 11.9. The highest BCUT2D eigenvalue weighted by Crippen LogP contribution is 2.26. The number of hydrogen-bond acceptors (Lipinski definition) is 2. The van der Waals surface area contributed by atoms with E-state index in [0.717, 1.165) is 21.3 Å². The van der Waals surface area contributed by atoms with Crippen LogP contribution >= 0.6 is 15.9 Å². The van der Waals surface area contributed by atoms with Crippen molar-refractivity contribution in [1.82, 2.24) is 14.5 Å². The largest absolute Gasteiger partial charge is 0.345 e. The van der Waals surface area contributed by atoms with E-state index in [9.17, 15) is 4.79 Å². The molecule has 1 heterocycles. The van der Waals surface area contributed by atoms with Gasteiger partial charge in [-0.05, 0) is 35.0 Å². The summed E-state index contributed by atoms with van der Waals surface area (Å²) in [6.45, 7) is 1.94. The molecular weight excluding hydrogens is 282 g/mol. The van der Waals surface area contributed by atoms with Crippen molar-refractivity contribution >= 4 is 32.9 Å². The molecule has 2 aromatic rings. The SMILES string of the molecule is Cc1nc2c(Br)cc(C(=O)N(C)C)cc2n1C. The highest BCUT2D eigenvalue weighted by molar-refractivity contribution is 9.10. The second kappa shape index (κ2) is 4.14. The van der Waals surface area contributed by atoms with Gasteiger partial charge in [0.2, 0.25) is 0 Å². The summed E-state index contributed by atoms with van der Waals surface area (Å²) in [5, 5.41) is 0. The number of amides is 1. The Balaban J connectivity index is 2.70. The summed E-state index contributed by atoms with van der Waals surface area (Å²) in [6, 6.07) is 3.69. The zero-order valence-electron chi connectivity index (χ0n) is 10.3. The molecule has 0 aliphatic heterocycles. The molecule has 4 nitrogen and oxygen atoms in total. The van der Waals surface area contributed by atoms with E-state index in [1.165, 1.54) is 0 Å². The molecule has 1 amide bonds. The molecule has 0 bridgehead atoms. The highest BCUT2D eigenvalue weighted by atomic mass is 79.9. The molecule has 0 fully saturated rings. The lowest BCUT2D eigenvalue weighted by atomic mass is 10.2. The smallest absolute Gasteiger partial charge is 0.253 e. The van der Waals surface area contributed by atoms with Gasteiger partial charge in [-0.15, -0.1) is 0 Å². The topological polar surface area (TPSA) is 38.1 Å². The predicted octanol–water partition coefficient (Wildman–Crippen LogP) is 2.35. The molecule has 90 valence electrons. The molecule has 17 heavy (non-hydrogen) atoms. The quantitative estimate of drug-likeness (QED) is 0.810. The van der Waals surface area contributed by atoms with Crippen molar-refractivity contribution in [3.05, 3.63) is 28.0 Å². The van der Waals surface area contributed by atoms with Gasteiger partial charge in [0.15, 0.2) is 0 Å². The van der Waals surface area contributed by atoms with Crippen LogP contribution in [0.4, 0.5) is 0 Å². The molecule has 1 aromatic carbocycles. The van der Waals surface area contributed by atoms with Crippen molar-refractivity contribution in [2.24, 2.45) is 7.05 Å². The van der Waals surface area contributed by atoms with Crippen LogP contribution in [0, 0.1) is 6.92 Å². The Morgan fingerprint density at radius 2 is 2.06 bits per heavy atom. The van der Waals surface area contributed by atoms with Crippen LogP contribution in [-0.4, -0.2) is 34.5 Å². The summed E-state index contributed by atoms with van der Waals surface area (Å²) in [5.41, 5.74) is 2.51. The number of carbonyl (C=O) groups excluding carboxylic acids is 1. The summed E-state index contributed by atoms with van der Waals surface area (Å²) in [4.78, 5) is 17.9. The number of benzene rings is 1. The Morgan fingerprint density at radius 1 is 1.41 bits per heavy atom. The second-order valence-corrected chi connectivity index (χ2v) is 5.10. The second-order valence-electron chi connectivity index (χ2n) is 4.24. The lowest BCUT2D eigenvalue weighted by molar-refractivity contribution is 0.0827. The average Bonchev–Trinajstić information content (AvgIpc) is 2.55. The van der Waals surface area contributed by atoms with Crippen molar-refractivity contribution in [1.29, 1.82) is 0 Å². The van der Waals surface area contributed by atoms with Gasteiger partial charge in [0.25, 0.3) is 5.91 Å². The minimum absolute atomic E-state index is 0.00791. The van der Waals surface area contributed by atoms with Gasteiger partial charge in [0, 0.05) is 31.2 Å². The molecule has 0 aliphatic rings. The number of fused-ring (bicyclic) bond motifs is 1. The summed E-state index contributed by atoms with van der Waals surface area (Å²) in [6.07, 6.45) is 0. The first-order valence-corrected chi connectivity index (χ1v) is 6.05. The van der Waals surface area contributed by atoms with Crippen molar-refractivity contribution in [2.45, 2.75) is 6.92 Å². The number of nitrogens with zero attached hydrogens (tertiary/aromatic N) is 3. The van der Waals surface area contributed by atoms with Gasteiger partial charge in [0.05, 0.1) is 5.52 Å². The summed E-state index contributed by atoms with van der Waals surface area (Å²) < 4.78 is 2.83. The number of carbonyl (C=O) groups is 1. The molecule has 0 radical (unpaired) electrons. The molecule has 5 heteroatoms. The number of rotatable bonds is 1. The van der Waals surface area contributed by atoms with E-state index in [1.54, 1.807) is 19.0 Å². The van der Waals surface area contributed by atoms with Crippen LogP contribution in [0.25, 0.3) is 11.0 Å². The Kier molecular flexibility index (Phi) is 2.95. The molecule has 0 saturated heterocycles. The molecule has 0 unspecified atom stereocenters. The maximum Gasteiger partial charge on any atom is 0.253 e. The summed E-state index contributed by atoms with van der Waals surface area (Å²) in [5.74, 6) is 0.918. The first-order valence-electron chi connectivity index (χ1n) is 5.26. The number of hydrogen-bond donors (Lipinski definition) is 0. The van der Waals surface area contributed by atoms with Crippen LogP contribution in [0.5, 0.6) is 0 Å². The monoisotopic (exact) mass is 295 g/mol. The van der Waals surface area contributed by atoms with E-state index >= 15 is 0 Å². The predicted molar refractivity (Wildman–Crippen MR) is 71.2 cm³/mol. The van der Waals surface area contributed by atoms with E-state index < -0.39 is 0 Å². The van der Waals surface area contributed by atoms with Gasteiger partial charge in [-0.3, -0.25) is 4.79 Å². The highest BCUT2D eigenvalue weighted by Gasteiger charge is 2.14.